The first-order chi connectivity index (χ1) is 23.3. The smallest absolute Gasteiger partial charge is 0.310 e. The molecule has 2 aliphatic rings. The maximum absolute atomic E-state index is 12.2. The van der Waals surface area contributed by atoms with Crippen LogP contribution in [0.1, 0.15) is 67.0 Å². The molecule has 256 valence electrons. The standard InChI is InChI=1S/C37H37NO11/c1-37(2,3)22-8-6-7-19(34(22)43)17-38-23-14-21(45-4)15-27(46-5)31(23)33-32-24(40)12-20(39)13-28(32)49-36(35(33)44)18-9-10-25-26(11-18)48-30(47-25)16-29(41)42/h6-15,17,30,33,35-36,39-40,43-44H,16H2,1-5H3,(H,41,42)/t30?,33-,35+,36+/m0/s1. The molecule has 0 fully saturated rings. The lowest BCUT2D eigenvalue weighted by atomic mass is 9.78. The van der Waals surface area contributed by atoms with E-state index in [1.807, 2.05) is 32.9 Å². The van der Waals surface area contributed by atoms with Gasteiger partial charge in [0.25, 0.3) is 6.29 Å². The van der Waals surface area contributed by atoms with Crippen LogP contribution in [0, 0.1) is 0 Å². The fraction of sp³-hybridized carbons (Fsp3) is 0.297. The van der Waals surface area contributed by atoms with E-state index >= 15 is 0 Å². The number of aliphatic imine (C=N–C) groups is 1. The number of rotatable bonds is 8. The number of carboxylic acids is 1. The quantitative estimate of drug-likeness (QED) is 0.138. The number of benzene rings is 4. The summed E-state index contributed by atoms with van der Waals surface area (Å²) in [5.41, 5.74) is 2.17. The Balaban J connectivity index is 1.50. The van der Waals surface area contributed by atoms with Gasteiger partial charge in [0, 0.05) is 47.2 Å². The number of para-hydroxylation sites is 1. The second kappa shape index (κ2) is 12.8. The number of carbonyl (C=O) groups is 1. The lowest BCUT2D eigenvalue weighted by Crippen LogP contribution is -2.35. The highest BCUT2D eigenvalue weighted by Crippen LogP contribution is 2.55. The van der Waals surface area contributed by atoms with Crippen LogP contribution in [0.25, 0.3) is 0 Å². The number of aromatic hydroxyl groups is 3. The van der Waals surface area contributed by atoms with Gasteiger partial charge in [-0.15, -0.1) is 0 Å². The Bertz CT molecular complexity index is 1950. The van der Waals surface area contributed by atoms with Gasteiger partial charge in [-0.05, 0) is 34.7 Å². The lowest BCUT2D eigenvalue weighted by molar-refractivity contribution is -0.141. The van der Waals surface area contributed by atoms with Crippen molar-refractivity contribution in [2.24, 2.45) is 4.99 Å². The van der Waals surface area contributed by atoms with Gasteiger partial charge >= 0.3 is 5.97 Å². The van der Waals surface area contributed by atoms with Gasteiger partial charge in [0.15, 0.2) is 17.6 Å². The van der Waals surface area contributed by atoms with Crippen molar-refractivity contribution < 1.29 is 54.0 Å². The number of ether oxygens (including phenoxy) is 5. The zero-order chi connectivity index (χ0) is 35.2. The Hall–Kier alpha value is -5.62. The van der Waals surface area contributed by atoms with Gasteiger partial charge in [0.1, 0.15) is 47.0 Å². The molecule has 12 heteroatoms. The number of fused-ring (bicyclic) bond motifs is 2. The van der Waals surface area contributed by atoms with E-state index in [4.69, 9.17) is 28.7 Å². The minimum absolute atomic E-state index is 0.0770. The van der Waals surface area contributed by atoms with Crippen LogP contribution in [0.5, 0.6) is 46.0 Å². The third-order valence-electron chi connectivity index (χ3n) is 8.55. The van der Waals surface area contributed by atoms with E-state index < -0.39 is 30.4 Å². The van der Waals surface area contributed by atoms with Gasteiger partial charge in [-0.25, -0.2) is 0 Å². The molecule has 0 radical (unpaired) electrons. The van der Waals surface area contributed by atoms with Crippen LogP contribution in [-0.2, 0) is 10.2 Å². The normalized spacial score (nSPS) is 19.7. The van der Waals surface area contributed by atoms with Crippen molar-refractivity contribution in [2.75, 3.05) is 14.2 Å². The molecular formula is C37H37NO11. The van der Waals surface area contributed by atoms with E-state index in [1.54, 1.807) is 36.4 Å². The van der Waals surface area contributed by atoms with Crippen LogP contribution in [0.15, 0.2) is 65.7 Å². The second-order valence-electron chi connectivity index (χ2n) is 12.9. The summed E-state index contributed by atoms with van der Waals surface area (Å²) >= 11 is 0. The summed E-state index contributed by atoms with van der Waals surface area (Å²) in [5, 5.41) is 54.2. The first-order valence-electron chi connectivity index (χ1n) is 15.5. The van der Waals surface area contributed by atoms with Gasteiger partial charge in [-0.1, -0.05) is 39.0 Å². The number of methoxy groups -OCH3 is 2. The van der Waals surface area contributed by atoms with Gasteiger partial charge in [-0.2, -0.15) is 0 Å². The number of carboxylic acid groups (broad SMARTS) is 1. The molecule has 0 bridgehead atoms. The summed E-state index contributed by atoms with van der Waals surface area (Å²) in [7, 11) is 2.95. The Morgan fingerprint density at radius 2 is 1.65 bits per heavy atom. The number of aliphatic carboxylic acids is 1. The number of aliphatic hydroxyl groups is 1. The molecule has 0 spiro atoms. The SMILES string of the molecule is COc1cc(N=Cc2cccc(C(C)(C)C)c2O)c([C@H]2c3c(O)cc(O)cc3O[C@H](c3ccc4c(c3)OC(CC(=O)O)O4)[C@@H]2O)c(OC)c1. The Morgan fingerprint density at radius 1 is 0.898 bits per heavy atom. The van der Waals surface area contributed by atoms with Crippen LogP contribution < -0.4 is 23.7 Å². The molecule has 5 N–H and O–H groups in total. The van der Waals surface area contributed by atoms with E-state index in [0.717, 1.165) is 11.6 Å². The van der Waals surface area contributed by atoms with Crippen LogP contribution in [0.4, 0.5) is 5.69 Å². The maximum Gasteiger partial charge on any atom is 0.310 e. The summed E-state index contributed by atoms with van der Waals surface area (Å²) in [6.45, 7) is 5.98. The Labute approximate surface area is 282 Å². The third kappa shape index (κ3) is 6.34. The topological polar surface area (TPSA) is 177 Å². The summed E-state index contributed by atoms with van der Waals surface area (Å²) in [6.07, 6.45) is -2.35. The Kier molecular flexibility index (Phi) is 8.68. The second-order valence-corrected chi connectivity index (χ2v) is 12.9. The average Bonchev–Trinajstić information content (AvgIpc) is 3.44. The summed E-state index contributed by atoms with van der Waals surface area (Å²) < 4.78 is 28.9. The van der Waals surface area contributed by atoms with Crippen LogP contribution in [0.3, 0.4) is 0 Å². The van der Waals surface area contributed by atoms with Crippen LogP contribution in [0.2, 0.25) is 0 Å². The van der Waals surface area contributed by atoms with Crippen molar-refractivity contribution in [1.29, 1.82) is 0 Å². The van der Waals surface area contributed by atoms with E-state index in [1.165, 1.54) is 26.5 Å². The highest BCUT2D eigenvalue weighted by atomic mass is 16.7. The zero-order valence-corrected chi connectivity index (χ0v) is 27.5. The molecule has 49 heavy (non-hydrogen) atoms. The number of aliphatic hydroxyl groups excluding tert-OH is 1. The summed E-state index contributed by atoms with van der Waals surface area (Å²) in [4.78, 5) is 16.0. The van der Waals surface area contributed by atoms with Crippen LogP contribution >= 0.6 is 0 Å². The average molecular weight is 672 g/mol. The summed E-state index contributed by atoms with van der Waals surface area (Å²) in [5.74, 6) is -1.26. The highest BCUT2D eigenvalue weighted by Gasteiger charge is 2.44. The molecule has 1 unspecified atom stereocenters. The molecule has 0 saturated heterocycles. The fourth-order valence-corrected chi connectivity index (χ4v) is 6.27. The fourth-order valence-electron chi connectivity index (χ4n) is 6.27. The van der Waals surface area contributed by atoms with Crippen molar-refractivity contribution in [3.8, 4) is 46.0 Å². The lowest BCUT2D eigenvalue weighted by Gasteiger charge is -2.38. The predicted molar refractivity (Wildman–Crippen MR) is 178 cm³/mol. The predicted octanol–water partition coefficient (Wildman–Crippen LogP) is 6.07. The minimum Gasteiger partial charge on any atom is -0.508 e. The molecular weight excluding hydrogens is 634 g/mol. The van der Waals surface area contributed by atoms with Crippen molar-refractivity contribution in [1.82, 2.24) is 0 Å². The van der Waals surface area contributed by atoms with Gasteiger partial charge < -0.3 is 49.2 Å². The molecule has 0 aliphatic carbocycles. The molecule has 4 aromatic rings. The molecule has 4 aromatic carbocycles. The first kappa shape index (κ1) is 33.3. The zero-order valence-electron chi connectivity index (χ0n) is 27.5. The van der Waals surface area contributed by atoms with Crippen molar-refractivity contribution in [3.05, 3.63) is 88.5 Å². The third-order valence-corrected chi connectivity index (χ3v) is 8.55. The van der Waals surface area contributed by atoms with Gasteiger partial charge in [0.2, 0.25) is 0 Å². The van der Waals surface area contributed by atoms with E-state index in [9.17, 15) is 30.3 Å². The maximum atomic E-state index is 12.2. The first-order valence-corrected chi connectivity index (χ1v) is 15.5. The van der Waals surface area contributed by atoms with Gasteiger partial charge in [0.05, 0.1) is 25.8 Å². The largest absolute Gasteiger partial charge is 0.508 e. The molecule has 0 amide bonds. The van der Waals surface area contributed by atoms with E-state index in [-0.39, 0.29) is 51.9 Å². The molecule has 2 heterocycles. The molecule has 0 saturated carbocycles. The van der Waals surface area contributed by atoms with E-state index in [2.05, 4.69) is 0 Å². The monoisotopic (exact) mass is 671 g/mol. The van der Waals surface area contributed by atoms with Crippen molar-refractivity contribution in [2.45, 2.75) is 57.0 Å². The number of phenols is 3. The number of hydrogen-bond donors (Lipinski definition) is 5. The number of nitrogens with zero attached hydrogens (tertiary/aromatic N) is 1. The molecule has 12 nitrogen and oxygen atoms in total. The van der Waals surface area contributed by atoms with Crippen LogP contribution in [-0.4, -0.2) is 64.3 Å². The molecule has 6 rings (SSSR count). The van der Waals surface area contributed by atoms with Crippen molar-refractivity contribution in [3.63, 3.8) is 0 Å². The minimum atomic E-state index is -1.38. The van der Waals surface area contributed by atoms with Crippen molar-refractivity contribution >= 4 is 17.9 Å². The number of hydrogen-bond acceptors (Lipinski definition) is 11. The summed E-state index contributed by atoms with van der Waals surface area (Å²) in [6, 6.07) is 16.0. The van der Waals surface area contributed by atoms with Gasteiger partial charge in [-0.3, -0.25) is 9.79 Å². The molecule has 4 atom stereocenters. The molecule has 0 aromatic heterocycles. The van der Waals surface area contributed by atoms with E-state index in [0.29, 0.717) is 33.9 Å². The number of phenolic OH excluding ortho intramolecular Hbond substituents is 3. The highest BCUT2D eigenvalue weighted by molar-refractivity contribution is 5.87. The molecule has 2 aliphatic heterocycles. The Morgan fingerprint density at radius 3 is 2.35 bits per heavy atom.